The average Bonchev–Trinajstić information content (AvgIpc) is 2.38. The summed E-state index contributed by atoms with van der Waals surface area (Å²) in [7, 11) is 1.97. The Labute approximate surface area is 107 Å². The van der Waals surface area contributed by atoms with E-state index < -0.39 is 5.91 Å². The van der Waals surface area contributed by atoms with Crippen LogP contribution in [0.5, 0.6) is 0 Å². The molecule has 0 aliphatic carbocycles. The second-order valence-corrected chi connectivity index (χ2v) is 4.76. The lowest BCUT2D eigenvalue weighted by molar-refractivity contribution is 0.0999. The molecule has 1 saturated heterocycles. The van der Waals surface area contributed by atoms with Gasteiger partial charge in [-0.3, -0.25) is 4.79 Å². The Bertz CT molecular complexity index is 447. The molecule has 1 fully saturated rings. The molecule has 1 aliphatic rings. The van der Waals surface area contributed by atoms with Crippen LogP contribution in [0, 0.1) is 6.92 Å². The van der Waals surface area contributed by atoms with Gasteiger partial charge in [-0.1, -0.05) is 0 Å². The highest BCUT2D eigenvalue weighted by atomic mass is 16.1. The van der Waals surface area contributed by atoms with Crippen LogP contribution in [-0.4, -0.2) is 37.1 Å². The van der Waals surface area contributed by atoms with Gasteiger partial charge in [0.15, 0.2) is 0 Å². The second-order valence-electron chi connectivity index (χ2n) is 4.76. The molecule has 2 heterocycles. The number of hydrogen-bond acceptors (Lipinski definition) is 4. The third-order valence-electron chi connectivity index (χ3n) is 3.51. The quantitative estimate of drug-likeness (QED) is 0.825. The van der Waals surface area contributed by atoms with E-state index in [1.54, 1.807) is 6.20 Å². The van der Waals surface area contributed by atoms with Crippen LogP contribution in [0.2, 0.25) is 0 Å². The number of carbonyl (C=O) groups excluding carboxylic acids is 1. The Morgan fingerprint density at radius 1 is 1.61 bits per heavy atom. The number of nitrogens with one attached hydrogen (secondary N) is 1. The van der Waals surface area contributed by atoms with E-state index in [2.05, 4.69) is 15.2 Å². The van der Waals surface area contributed by atoms with E-state index >= 15 is 0 Å². The van der Waals surface area contributed by atoms with Crippen LogP contribution in [0.3, 0.4) is 0 Å². The van der Waals surface area contributed by atoms with Crippen LogP contribution in [0.25, 0.3) is 0 Å². The van der Waals surface area contributed by atoms with Crippen molar-refractivity contribution in [3.63, 3.8) is 0 Å². The number of amides is 1. The Morgan fingerprint density at radius 2 is 2.39 bits per heavy atom. The molecule has 1 aromatic rings. The van der Waals surface area contributed by atoms with Crippen molar-refractivity contribution in [2.75, 3.05) is 25.0 Å². The summed E-state index contributed by atoms with van der Waals surface area (Å²) in [6.45, 7) is 3.69. The van der Waals surface area contributed by atoms with Crippen molar-refractivity contribution >= 4 is 11.7 Å². The number of aryl methyl sites for hydroxylation is 1. The van der Waals surface area contributed by atoms with E-state index in [4.69, 9.17) is 5.73 Å². The molecule has 0 radical (unpaired) electrons. The van der Waals surface area contributed by atoms with Gasteiger partial charge in [-0.05, 0) is 38.4 Å². The van der Waals surface area contributed by atoms with Crippen LogP contribution in [0.1, 0.15) is 28.8 Å². The van der Waals surface area contributed by atoms with Crippen LogP contribution < -0.4 is 16.0 Å². The summed E-state index contributed by atoms with van der Waals surface area (Å²) in [5, 5.41) is 3.28. The number of pyridine rings is 1. The largest absolute Gasteiger partial charge is 0.365 e. The fraction of sp³-hybridized carbons (Fsp3) is 0.538. The predicted octanol–water partition coefficient (Wildman–Crippen LogP) is 0.677. The first-order valence-electron chi connectivity index (χ1n) is 6.31. The number of aromatic nitrogens is 1. The smallest absolute Gasteiger partial charge is 0.252 e. The van der Waals surface area contributed by atoms with Crippen LogP contribution in [-0.2, 0) is 0 Å². The monoisotopic (exact) mass is 248 g/mol. The number of nitrogens with zero attached hydrogens (tertiary/aromatic N) is 2. The molecule has 18 heavy (non-hydrogen) atoms. The molecule has 0 spiro atoms. The van der Waals surface area contributed by atoms with Crippen molar-refractivity contribution in [3.05, 3.63) is 23.4 Å². The molecular formula is C13H20N4O. The molecule has 2 rings (SSSR count). The van der Waals surface area contributed by atoms with Gasteiger partial charge in [0.1, 0.15) is 5.82 Å². The number of anilines is 1. The average molecular weight is 248 g/mol. The summed E-state index contributed by atoms with van der Waals surface area (Å²) in [4.78, 5) is 18.1. The lowest BCUT2D eigenvalue weighted by Crippen LogP contribution is -2.45. The molecular weight excluding hydrogens is 228 g/mol. The number of hydrogen-bond donors (Lipinski definition) is 2. The Balaban J connectivity index is 2.32. The number of likely N-dealkylation sites (N-methyl/N-ethyl adjacent to an activating group) is 1. The molecule has 1 unspecified atom stereocenters. The van der Waals surface area contributed by atoms with Gasteiger partial charge in [0.05, 0.1) is 5.56 Å². The Hall–Kier alpha value is -1.62. The first kappa shape index (κ1) is 12.8. The lowest BCUT2D eigenvalue weighted by atomic mass is 10.0. The first-order chi connectivity index (χ1) is 8.63. The van der Waals surface area contributed by atoms with E-state index in [9.17, 15) is 4.79 Å². The highest BCUT2D eigenvalue weighted by Gasteiger charge is 2.23. The molecule has 1 amide bonds. The summed E-state index contributed by atoms with van der Waals surface area (Å²) in [5.41, 5.74) is 6.91. The molecule has 1 atom stereocenters. The van der Waals surface area contributed by atoms with Gasteiger partial charge in [-0.2, -0.15) is 0 Å². The highest BCUT2D eigenvalue weighted by Crippen LogP contribution is 2.23. The molecule has 98 valence electrons. The van der Waals surface area contributed by atoms with E-state index in [0.29, 0.717) is 11.6 Å². The fourth-order valence-electron chi connectivity index (χ4n) is 2.49. The maximum atomic E-state index is 11.6. The minimum atomic E-state index is -0.401. The van der Waals surface area contributed by atoms with E-state index in [-0.39, 0.29) is 0 Å². The minimum Gasteiger partial charge on any atom is -0.365 e. The number of rotatable bonds is 3. The molecule has 1 aromatic heterocycles. The molecule has 3 N–H and O–H groups in total. The molecule has 5 nitrogen and oxygen atoms in total. The summed E-state index contributed by atoms with van der Waals surface area (Å²) >= 11 is 0. The van der Waals surface area contributed by atoms with Crippen molar-refractivity contribution in [1.29, 1.82) is 0 Å². The van der Waals surface area contributed by atoms with E-state index in [1.165, 1.54) is 0 Å². The first-order valence-corrected chi connectivity index (χ1v) is 6.31. The molecule has 0 aromatic carbocycles. The van der Waals surface area contributed by atoms with Gasteiger partial charge in [0.2, 0.25) is 0 Å². The predicted molar refractivity (Wildman–Crippen MR) is 71.8 cm³/mol. The SMILES string of the molecule is CNC1CCCN(c2nccc(C)c2C(N)=O)C1. The number of carbonyl (C=O) groups is 1. The summed E-state index contributed by atoms with van der Waals surface area (Å²) in [6.07, 6.45) is 3.99. The molecule has 0 bridgehead atoms. The summed E-state index contributed by atoms with van der Waals surface area (Å²) in [5.74, 6) is 0.324. The number of piperidine rings is 1. The summed E-state index contributed by atoms with van der Waals surface area (Å²) in [6, 6.07) is 2.27. The van der Waals surface area contributed by atoms with Gasteiger partial charge in [-0.25, -0.2) is 4.98 Å². The van der Waals surface area contributed by atoms with E-state index in [0.717, 1.165) is 37.3 Å². The third kappa shape index (κ3) is 2.46. The molecule has 1 aliphatic heterocycles. The minimum absolute atomic E-state index is 0.401. The van der Waals surface area contributed by atoms with Gasteiger partial charge < -0.3 is 16.0 Å². The normalized spacial score (nSPS) is 19.9. The van der Waals surface area contributed by atoms with Gasteiger partial charge in [-0.15, -0.1) is 0 Å². The molecule has 0 saturated carbocycles. The number of nitrogens with two attached hydrogens (primary N) is 1. The van der Waals surface area contributed by atoms with Crippen molar-refractivity contribution < 1.29 is 4.79 Å². The van der Waals surface area contributed by atoms with Gasteiger partial charge in [0, 0.05) is 25.3 Å². The van der Waals surface area contributed by atoms with Gasteiger partial charge >= 0.3 is 0 Å². The zero-order valence-electron chi connectivity index (χ0n) is 10.9. The van der Waals surface area contributed by atoms with E-state index in [1.807, 2.05) is 20.0 Å². The zero-order chi connectivity index (χ0) is 13.1. The Kier molecular flexibility index (Phi) is 3.81. The topological polar surface area (TPSA) is 71.2 Å². The maximum Gasteiger partial charge on any atom is 0.252 e. The van der Waals surface area contributed by atoms with Crippen molar-refractivity contribution in [3.8, 4) is 0 Å². The third-order valence-corrected chi connectivity index (χ3v) is 3.51. The van der Waals surface area contributed by atoms with Crippen molar-refractivity contribution in [2.45, 2.75) is 25.8 Å². The zero-order valence-corrected chi connectivity index (χ0v) is 10.9. The standard InChI is InChI=1S/C13H20N4O/c1-9-5-6-16-13(11(9)12(14)18)17-7-3-4-10(8-17)15-2/h5-6,10,15H,3-4,7-8H2,1-2H3,(H2,14,18). The van der Waals surface area contributed by atoms with Crippen LogP contribution in [0.15, 0.2) is 12.3 Å². The maximum absolute atomic E-state index is 11.6. The van der Waals surface area contributed by atoms with Gasteiger partial charge in [0.25, 0.3) is 5.91 Å². The lowest BCUT2D eigenvalue weighted by Gasteiger charge is -2.34. The highest BCUT2D eigenvalue weighted by molar-refractivity contribution is 5.99. The fourth-order valence-corrected chi connectivity index (χ4v) is 2.49. The summed E-state index contributed by atoms with van der Waals surface area (Å²) < 4.78 is 0. The Morgan fingerprint density at radius 3 is 3.06 bits per heavy atom. The van der Waals surface area contributed by atoms with Crippen molar-refractivity contribution in [2.24, 2.45) is 5.73 Å². The van der Waals surface area contributed by atoms with Crippen LogP contribution in [0.4, 0.5) is 5.82 Å². The second kappa shape index (κ2) is 5.35. The number of primary amides is 1. The van der Waals surface area contributed by atoms with Crippen molar-refractivity contribution in [1.82, 2.24) is 10.3 Å². The van der Waals surface area contributed by atoms with Crippen LogP contribution >= 0.6 is 0 Å². The molecule has 5 heteroatoms.